The summed E-state index contributed by atoms with van der Waals surface area (Å²) in [6.45, 7) is 6.43. The van der Waals surface area contributed by atoms with Gasteiger partial charge in [-0.2, -0.15) is 0 Å². The van der Waals surface area contributed by atoms with Gasteiger partial charge in [-0.3, -0.25) is 9.78 Å². The number of hydrogen-bond acceptors (Lipinski definition) is 3. The zero-order valence-electron chi connectivity index (χ0n) is 15.3. The molecule has 2 N–H and O–H groups in total. The molecule has 132 valence electrons. The fourth-order valence-electron chi connectivity index (χ4n) is 3.39. The summed E-state index contributed by atoms with van der Waals surface area (Å²) in [5.74, 6) is -0.126. The third-order valence-corrected chi connectivity index (χ3v) is 4.71. The normalized spacial score (nSPS) is 15.2. The Morgan fingerprint density at radius 2 is 1.84 bits per heavy atom. The summed E-state index contributed by atoms with van der Waals surface area (Å²) < 4.78 is 0. The molecule has 4 nitrogen and oxygen atoms in total. The van der Waals surface area contributed by atoms with Gasteiger partial charge in [0.25, 0.3) is 5.91 Å². The van der Waals surface area contributed by atoms with Gasteiger partial charge in [-0.15, -0.1) is 0 Å². The van der Waals surface area contributed by atoms with Crippen LogP contribution in [0, 0.1) is 0 Å². The van der Waals surface area contributed by atoms with E-state index in [2.05, 4.69) is 42.5 Å². The van der Waals surface area contributed by atoms with E-state index >= 15 is 0 Å². The fraction of sp³-hybridized carbons (Fsp3) is 0.429. The van der Waals surface area contributed by atoms with Crippen molar-refractivity contribution in [2.45, 2.75) is 57.9 Å². The maximum Gasteiger partial charge on any atom is 0.257 e. The number of carbonyl (C=O) groups excluding carboxylic acids is 1. The predicted octanol–water partition coefficient (Wildman–Crippen LogP) is 4.99. The second-order valence-electron chi connectivity index (χ2n) is 7.84. The molecule has 0 spiro atoms. The smallest absolute Gasteiger partial charge is 0.257 e. The van der Waals surface area contributed by atoms with E-state index in [0.29, 0.717) is 11.6 Å². The first-order valence-electron chi connectivity index (χ1n) is 9.06. The largest absolute Gasteiger partial charge is 0.381 e. The molecule has 1 aliphatic carbocycles. The van der Waals surface area contributed by atoms with Crippen molar-refractivity contribution in [1.29, 1.82) is 0 Å². The number of hydrogen-bond donors (Lipinski definition) is 2. The summed E-state index contributed by atoms with van der Waals surface area (Å²) in [4.78, 5) is 16.9. The summed E-state index contributed by atoms with van der Waals surface area (Å²) in [6.07, 6.45) is 8.33. The molecule has 0 radical (unpaired) electrons. The monoisotopic (exact) mass is 337 g/mol. The number of nitrogens with zero attached hydrogens (tertiary/aromatic N) is 1. The molecule has 0 aliphatic heterocycles. The Morgan fingerprint density at radius 1 is 1.12 bits per heavy atom. The molecule has 1 saturated carbocycles. The van der Waals surface area contributed by atoms with E-state index < -0.39 is 0 Å². The number of para-hydroxylation sites is 1. The molecule has 1 aromatic heterocycles. The summed E-state index contributed by atoms with van der Waals surface area (Å²) in [5.41, 5.74) is 3.44. The van der Waals surface area contributed by atoms with Crippen LogP contribution >= 0.6 is 0 Å². The highest BCUT2D eigenvalue weighted by Gasteiger charge is 2.19. The van der Waals surface area contributed by atoms with Crippen LogP contribution in [0.2, 0.25) is 0 Å². The van der Waals surface area contributed by atoms with Crippen molar-refractivity contribution in [2.24, 2.45) is 0 Å². The van der Waals surface area contributed by atoms with Crippen LogP contribution in [0.4, 0.5) is 11.4 Å². The number of nitrogens with one attached hydrogen (secondary N) is 2. The molecule has 25 heavy (non-hydrogen) atoms. The highest BCUT2D eigenvalue weighted by Crippen LogP contribution is 2.29. The van der Waals surface area contributed by atoms with E-state index in [0.717, 1.165) is 16.9 Å². The molecule has 0 unspecified atom stereocenters. The van der Waals surface area contributed by atoms with Crippen LogP contribution in [-0.4, -0.2) is 16.9 Å². The lowest BCUT2D eigenvalue weighted by molar-refractivity contribution is 0.102. The molecule has 2 aromatic rings. The van der Waals surface area contributed by atoms with Crippen LogP contribution in [0.3, 0.4) is 0 Å². The Morgan fingerprint density at radius 3 is 2.56 bits per heavy atom. The van der Waals surface area contributed by atoms with Crippen molar-refractivity contribution in [2.75, 3.05) is 10.6 Å². The molecule has 1 aliphatic rings. The Bertz CT molecular complexity index is 743. The van der Waals surface area contributed by atoms with Crippen molar-refractivity contribution >= 4 is 17.3 Å². The standard InChI is InChI=1S/C21H27N3O/c1-21(2,3)18-10-6-7-11-19(18)24-20(25)15-12-17(14-22-13-15)23-16-8-4-5-9-16/h6-7,10-14,16,23H,4-5,8-9H2,1-3H3,(H,24,25). The topological polar surface area (TPSA) is 54.0 Å². The third kappa shape index (κ3) is 4.38. The third-order valence-electron chi connectivity index (χ3n) is 4.71. The minimum Gasteiger partial charge on any atom is -0.381 e. The minimum atomic E-state index is -0.126. The Labute approximate surface area is 150 Å². The lowest BCUT2D eigenvalue weighted by atomic mass is 9.86. The van der Waals surface area contributed by atoms with E-state index in [4.69, 9.17) is 0 Å². The van der Waals surface area contributed by atoms with Gasteiger partial charge in [0.05, 0.1) is 11.3 Å². The SMILES string of the molecule is CC(C)(C)c1ccccc1NC(=O)c1cncc(NC2CCCC2)c1. The predicted molar refractivity (Wildman–Crippen MR) is 103 cm³/mol. The van der Waals surface area contributed by atoms with Crippen molar-refractivity contribution in [1.82, 2.24) is 4.98 Å². The van der Waals surface area contributed by atoms with Crippen LogP contribution in [0.5, 0.6) is 0 Å². The van der Waals surface area contributed by atoms with Crippen LogP contribution in [0.1, 0.15) is 62.4 Å². The second kappa shape index (κ2) is 7.26. The van der Waals surface area contributed by atoms with Crippen LogP contribution < -0.4 is 10.6 Å². The van der Waals surface area contributed by atoms with Gasteiger partial charge in [-0.05, 0) is 36.0 Å². The summed E-state index contributed by atoms with van der Waals surface area (Å²) >= 11 is 0. The van der Waals surface area contributed by atoms with Crippen molar-refractivity contribution < 1.29 is 4.79 Å². The summed E-state index contributed by atoms with van der Waals surface area (Å²) in [6, 6.07) is 10.4. The zero-order valence-corrected chi connectivity index (χ0v) is 15.3. The molecule has 4 heteroatoms. The van der Waals surface area contributed by atoms with Crippen molar-refractivity contribution in [3.63, 3.8) is 0 Å². The minimum absolute atomic E-state index is 0.0337. The van der Waals surface area contributed by atoms with Crippen LogP contribution in [0.15, 0.2) is 42.7 Å². The molecule has 0 atom stereocenters. The number of benzene rings is 1. The number of anilines is 2. The highest BCUT2D eigenvalue weighted by molar-refractivity contribution is 6.05. The quantitative estimate of drug-likeness (QED) is 0.827. The number of pyridine rings is 1. The highest BCUT2D eigenvalue weighted by atomic mass is 16.1. The molecule has 1 heterocycles. The molecule has 1 fully saturated rings. The first-order valence-corrected chi connectivity index (χ1v) is 9.06. The molecule has 3 rings (SSSR count). The van der Waals surface area contributed by atoms with E-state index in [1.54, 1.807) is 12.4 Å². The van der Waals surface area contributed by atoms with E-state index in [-0.39, 0.29) is 11.3 Å². The Balaban J connectivity index is 1.76. The maximum atomic E-state index is 12.7. The molecular formula is C21H27N3O. The first kappa shape index (κ1) is 17.5. The molecule has 1 amide bonds. The van der Waals surface area contributed by atoms with E-state index in [9.17, 15) is 4.79 Å². The molecule has 0 saturated heterocycles. The van der Waals surface area contributed by atoms with Gasteiger partial charge in [0.1, 0.15) is 0 Å². The molecule has 1 aromatic carbocycles. The Kier molecular flexibility index (Phi) is 5.07. The number of amides is 1. The average molecular weight is 337 g/mol. The van der Waals surface area contributed by atoms with Gasteiger partial charge in [0, 0.05) is 24.1 Å². The fourth-order valence-corrected chi connectivity index (χ4v) is 3.39. The lowest BCUT2D eigenvalue weighted by Crippen LogP contribution is -2.19. The molecular weight excluding hydrogens is 310 g/mol. The number of rotatable bonds is 4. The van der Waals surface area contributed by atoms with Gasteiger partial charge < -0.3 is 10.6 Å². The van der Waals surface area contributed by atoms with E-state index in [1.807, 2.05) is 24.3 Å². The van der Waals surface area contributed by atoms with Crippen LogP contribution in [-0.2, 0) is 5.41 Å². The summed E-state index contributed by atoms with van der Waals surface area (Å²) in [7, 11) is 0. The Hall–Kier alpha value is -2.36. The van der Waals surface area contributed by atoms with Gasteiger partial charge in [-0.25, -0.2) is 0 Å². The van der Waals surface area contributed by atoms with E-state index in [1.165, 1.54) is 25.7 Å². The average Bonchev–Trinajstić information content (AvgIpc) is 3.07. The second-order valence-corrected chi connectivity index (χ2v) is 7.84. The van der Waals surface area contributed by atoms with Crippen molar-refractivity contribution in [3.8, 4) is 0 Å². The van der Waals surface area contributed by atoms with Gasteiger partial charge in [-0.1, -0.05) is 51.8 Å². The zero-order chi connectivity index (χ0) is 17.9. The van der Waals surface area contributed by atoms with Gasteiger partial charge in [0.2, 0.25) is 0 Å². The lowest BCUT2D eigenvalue weighted by Gasteiger charge is -2.23. The maximum absolute atomic E-state index is 12.7. The number of aromatic nitrogens is 1. The number of carbonyl (C=O) groups is 1. The first-order chi connectivity index (χ1) is 11.9. The molecule has 0 bridgehead atoms. The van der Waals surface area contributed by atoms with Crippen LogP contribution in [0.25, 0.3) is 0 Å². The van der Waals surface area contributed by atoms with Crippen molar-refractivity contribution in [3.05, 3.63) is 53.9 Å². The van der Waals surface area contributed by atoms with Gasteiger partial charge >= 0.3 is 0 Å². The summed E-state index contributed by atoms with van der Waals surface area (Å²) in [5, 5.41) is 6.54. The van der Waals surface area contributed by atoms with Gasteiger partial charge in [0.15, 0.2) is 0 Å².